The Labute approximate surface area is 249 Å². The Morgan fingerprint density at radius 1 is 0.512 bits per heavy atom. The number of hydrogen-bond donors (Lipinski definition) is 0. The Balaban J connectivity index is 1.37. The topological polar surface area (TPSA) is 51.8 Å². The fraction of sp³-hybridized carbons (Fsp3) is 0. The van der Waals surface area contributed by atoms with Crippen LogP contribution in [0.15, 0.2) is 144 Å². The zero-order valence-corrected chi connectivity index (χ0v) is 23.0. The van der Waals surface area contributed by atoms with Gasteiger partial charge in [-0.1, -0.05) is 109 Å². The number of benzene rings is 4. The summed E-state index contributed by atoms with van der Waals surface area (Å²) in [4.78, 5) is 14.6. The zero-order chi connectivity index (χ0) is 28.6. The summed E-state index contributed by atoms with van der Waals surface area (Å²) in [6.07, 6.45) is 3.67. The molecular weight excluding hydrogens is 526 g/mol. The van der Waals surface area contributed by atoms with Gasteiger partial charge in [-0.15, -0.1) is 0 Å². The van der Waals surface area contributed by atoms with E-state index >= 15 is 0 Å². The molecule has 8 aromatic rings. The normalized spacial score (nSPS) is 11.1. The van der Waals surface area contributed by atoms with Gasteiger partial charge in [0.1, 0.15) is 11.2 Å². The summed E-state index contributed by atoms with van der Waals surface area (Å²) in [5.74, 6) is 0.551. The molecule has 4 nitrogen and oxygen atoms in total. The van der Waals surface area contributed by atoms with Crippen LogP contribution in [0.2, 0.25) is 0 Å². The molecule has 0 saturated carbocycles. The monoisotopic (exact) mass is 549 g/mol. The van der Waals surface area contributed by atoms with E-state index < -0.39 is 0 Å². The van der Waals surface area contributed by atoms with E-state index in [0.29, 0.717) is 11.4 Å². The van der Waals surface area contributed by atoms with E-state index in [1.807, 2.05) is 66.9 Å². The highest BCUT2D eigenvalue weighted by molar-refractivity contribution is 6.04. The third-order valence-corrected chi connectivity index (χ3v) is 7.65. The largest absolute Gasteiger partial charge is 0.455 e. The lowest BCUT2D eigenvalue weighted by Gasteiger charge is -2.14. The fourth-order valence-corrected chi connectivity index (χ4v) is 5.61. The molecule has 0 radical (unpaired) electrons. The lowest BCUT2D eigenvalue weighted by atomic mass is 9.95. The van der Waals surface area contributed by atoms with Gasteiger partial charge in [-0.25, -0.2) is 9.97 Å². The fourth-order valence-electron chi connectivity index (χ4n) is 5.61. The predicted molar refractivity (Wildman–Crippen MR) is 172 cm³/mol. The quantitative estimate of drug-likeness (QED) is 0.214. The maximum Gasteiger partial charge on any atom is 0.169 e. The summed E-state index contributed by atoms with van der Waals surface area (Å²) in [7, 11) is 0. The van der Waals surface area contributed by atoms with E-state index in [4.69, 9.17) is 14.4 Å². The molecule has 0 spiro atoms. The number of nitrogens with zero attached hydrogens (tertiary/aromatic N) is 3. The number of rotatable bonds is 5. The van der Waals surface area contributed by atoms with Gasteiger partial charge in [0.05, 0.1) is 22.3 Å². The van der Waals surface area contributed by atoms with Gasteiger partial charge in [-0.2, -0.15) is 0 Å². The molecule has 3 aromatic heterocycles. The lowest BCUT2D eigenvalue weighted by Crippen LogP contribution is -1.98. The van der Waals surface area contributed by atoms with Crippen LogP contribution in [0, 0.1) is 12.1 Å². The first-order chi connectivity index (χ1) is 21.3. The van der Waals surface area contributed by atoms with Gasteiger partial charge >= 0.3 is 0 Å². The van der Waals surface area contributed by atoms with Crippen molar-refractivity contribution < 1.29 is 4.42 Å². The van der Waals surface area contributed by atoms with E-state index in [0.717, 1.165) is 66.7 Å². The first kappa shape index (κ1) is 24.7. The van der Waals surface area contributed by atoms with Crippen molar-refractivity contribution in [2.75, 3.05) is 0 Å². The molecule has 0 unspecified atom stereocenters. The standard InChI is InChI=1S/C39H23N3O/c1-2-11-26(12-3-1)29-14-4-6-16-31(29)35-24-36(32-17-7-5-15-30(32)28-13-10-22-40-25-28)42-39(41-35)27-20-21-34-33-18-8-9-19-37(33)43-38(34)23-27/h1-19,22-25H. The van der Waals surface area contributed by atoms with E-state index in [-0.39, 0.29) is 0 Å². The molecule has 4 heteroatoms. The van der Waals surface area contributed by atoms with Crippen LogP contribution >= 0.6 is 0 Å². The van der Waals surface area contributed by atoms with Crippen molar-refractivity contribution >= 4 is 21.9 Å². The van der Waals surface area contributed by atoms with Crippen molar-refractivity contribution in [1.29, 1.82) is 0 Å². The van der Waals surface area contributed by atoms with Crippen LogP contribution in [0.3, 0.4) is 0 Å². The number of aromatic nitrogens is 3. The Morgan fingerprint density at radius 2 is 1.14 bits per heavy atom. The number of pyridine rings is 1. The maximum absolute atomic E-state index is 6.18. The average molecular weight is 550 g/mol. The van der Waals surface area contributed by atoms with Crippen molar-refractivity contribution in [3.63, 3.8) is 0 Å². The first-order valence-corrected chi connectivity index (χ1v) is 14.1. The molecule has 0 atom stereocenters. The van der Waals surface area contributed by atoms with Crippen LogP contribution < -0.4 is 0 Å². The molecule has 0 N–H and O–H groups in total. The highest BCUT2D eigenvalue weighted by Crippen LogP contribution is 2.37. The van der Waals surface area contributed by atoms with Crippen molar-refractivity contribution in [3.8, 4) is 56.2 Å². The van der Waals surface area contributed by atoms with E-state index in [9.17, 15) is 0 Å². The van der Waals surface area contributed by atoms with Crippen LogP contribution in [0.4, 0.5) is 0 Å². The highest BCUT2D eigenvalue weighted by Gasteiger charge is 2.17. The van der Waals surface area contributed by atoms with Crippen molar-refractivity contribution in [1.82, 2.24) is 15.0 Å². The Bertz CT molecular complexity index is 2140. The average Bonchev–Trinajstić information content (AvgIpc) is 3.47. The van der Waals surface area contributed by atoms with Crippen LogP contribution in [0.5, 0.6) is 0 Å². The summed E-state index contributed by atoms with van der Waals surface area (Å²) in [6.45, 7) is 0. The van der Waals surface area contributed by atoms with Crippen LogP contribution in [-0.4, -0.2) is 15.0 Å². The maximum atomic E-state index is 6.18. The van der Waals surface area contributed by atoms with E-state index in [1.54, 1.807) is 6.20 Å². The first-order valence-electron chi connectivity index (χ1n) is 14.1. The van der Waals surface area contributed by atoms with Gasteiger partial charge in [0.25, 0.3) is 0 Å². The summed E-state index contributed by atoms with van der Waals surface area (Å²) >= 11 is 0. The van der Waals surface area contributed by atoms with Gasteiger partial charge in [0.15, 0.2) is 5.82 Å². The van der Waals surface area contributed by atoms with E-state index in [1.165, 1.54) is 0 Å². The van der Waals surface area contributed by atoms with Crippen LogP contribution in [0.1, 0.15) is 0 Å². The van der Waals surface area contributed by atoms with Crippen LogP contribution in [-0.2, 0) is 0 Å². The highest BCUT2D eigenvalue weighted by atomic mass is 16.3. The number of fused-ring (bicyclic) bond motifs is 3. The van der Waals surface area contributed by atoms with Gasteiger partial charge in [0, 0.05) is 40.5 Å². The molecule has 0 fully saturated rings. The Hall–Kier alpha value is -6.05. The predicted octanol–water partition coefficient (Wildman–Crippen LogP) is 9.71. The molecule has 0 aliphatic heterocycles. The second-order valence-corrected chi connectivity index (χ2v) is 10.3. The second kappa shape index (κ2) is 10.4. The SMILES string of the molecule is c1c(-c2nc(-c3ccccc3-c3ccccc3)cc(-c3ccccc3-c3cccnc3)n2)cc2oc3ccccc3c2c#1. The molecule has 8 rings (SSSR count). The smallest absolute Gasteiger partial charge is 0.169 e. The number of hydrogen-bond acceptors (Lipinski definition) is 4. The van der Waals surface area contributed by atoms with Gasteiger partial charge < -0.3 is 4.42 Å². The van der Waals surface area contributed by atoms with Gasteiger partial charge in [-0.05, 0) is 41.0 Å². The summed E-state index contributed by atoms with van der Waals surface area (Å²) in [5, 5.41) is 1.91. The molecule has 43 heavy (non-hydrogen) atoms. The van der Waals surface area contributed by atoms with Gasteiger partial charge in [-0.3, -0.25) is 4.98 Å². The summed E-state index contributed by atoms with van der Waals surface area (Å²) in [5.41, 5.74) is 10.2. The minimum Gasteiger partial charge on any atom is -0.455 e. The minimum atomic E-state index is 0.551. The Kier molecular flexibility index (Phi) is 5.98. The number of furan rings is 1. The molecule has 0 saturated heterocycles. The molecular formula is C39H23N3O. The zero-order valence-electron chi connectivity index (χ0n) is 23.0. The minimum absolute atomic E-state index is 0.551. The lowest BCUT2D eigenvalue weighted by molar-refractivity contribution is 0.669. The third kappa shape index (κ3) is 4.50. The summed E-state index contributed by atoms with van der Waals surface area (Å²) in [6, 6.07) is 49.7. The molecule has 0 aliphatic rings. The molecule has 5 aromatic carbocycles. The van der Waals surface area contributed by atoms with Crippen molar-refractivity contribution in [2.45, 2.75) is 0 Å². The van der Waals surface area contributed by atoms with Crippen molar-refractivity contribution in [3.05, 3.63) is 152 Å². The van der Waals surface area contributed by atoms with Gasteiger partial charge in [0.2, 0.25) is 0 Å². The van der Waals surface area contributed by atoms with E-state index in [2.05, 4.69) is 83.8 Å². The summed E-state index contributed by atoms with van der Waals surface area (Å²) < 4.78 is 6.18. The Morgan fingerprint density at radius 3 is 1.86 bits per heavy atom. The van der Waals surface area contributed by atoms with Crippen molar-refractivity contribution in [2.24, 2.45) is 0 Å². The molecule has 200 valence electrons. The second-order valence-electron chi connectivity index (χ2n) is 10.3. The third-order valence-electron chi connectivity index (χ3n) is 7.65. The van der Waals surface area contributed by atoms with Crippen LogP contribution in [0.25, 0.3) is 78.1 Å². The molecule has 3 heterocycles. The molecule has 0 amide bonds. The number of para-hydroxylation sites is 1. The molecule has 0 bridgehead atoms. The molecule has 0 aliphatic carbocycles.